The van der Waals surface area contributed by atoms with E-state index in [-0.39, 0.29) is 18.0 Å². The van der Waals surface area contributed by atoms with E-state index in [1.54, 1.807) is 35.3 Å². The van der Waals surface area contributed by atoms with Crippen LogP contribution in [0.25, 0.3) is 16.9 Å². The molecule has 138 valence electrons. The van der Waals surface area contributed by atoms with Crippen molar-refractivity contribution in [1.82, 2.24) is 19.6 Å². The molecule has 0 aliphatic rings. The Kier molecular flexibility index (Phi) is 4.79. The van der Waals surface area contributed by atoms with Crippen molar-refractivity contribution in [2.45, 2.75) is 6.54 Å². The smallest absolute Gasteiger partial charge is 0.267 e. The summed E-state index contributed by atoms with van der Waals surface area (Å²) in [6.07, 6.45) is 3.46. The van der Waals surface area contributed by atoms with Gasteiger partial charge in [0.1, 0.15) is 6.54 Å². The van der Waals surface area contributed by atoms with Crippen LogP contribution >= 0.6 is 0 Å². The Balaban J connectivity index is 1.56. The third-order valence-corrected chi connectivity index (χ3v) is 4.16. The molecule has 0 unspecified atom stereocenters. The van der Waals surface area contributed by atoms with Gasteiger partial charge < -0.3 is 5.32 Å². The Morgan fingerprint density at radius 3 is 2.50 bits per heavy atom. The fourth-order valence-corrected chi connectivity index (χ4v) is 2.84. The number of para-hydroxylation sites is 2. The number of carbonyl (C=O) groups is 1. The van der Waals surface area contributed by atoms with Crippen LogP contribution in [0.3, 0.4) is 0 Å². The molecule has 4 rings (SSSR count). The summed E-state index contributed by atoms with van der Waals surface area (Å²) in [6, 6.07) is 21.7. The highest BCUT2D eigenvalue weighted by Crippen LogP contribution is 2.19. The molecule has 0 atom stereocenters. The van der Waals surface area contributed by atoms with Gasteiger partial charge in [-0.05, 0) is 24.3 Å². The number of benzene rings is 2. The first-order valence-electron chi connectivity index (χ1n) is 8.73. The average molecular weight is 371 g/mol. The molecule has 4 aromatic rings. The number of hydrogen-bond donors (Lipinski definition) is 1. The molecule has 0 fully saturated rings. The molecule has 0 saturated heterocycles. The van der Waals surface area contributed by atoms with E-state index in [1.807, 2.05) is 48.5 Å². The first-order valence-corrected chi connectivity index (χ1v) is 8.73. The van der Waals surface area contributed by atoms with E-state index in [0.717, 1.165) is 15.9 Å². The Morgan fingerprint density at radius 2 is 1.71 bits per heavy atom. The Bertz CT molecular complexity index is 1150. The second-order valence-electron chi connectivity index (χ2n) is 6.10. The van der Waals surface area contributed by atoms with Crippen molar-refractivity contribution < 1.29 is 4.79 Å². The van der Waals surface area contributed by atoms with Gasteiger partial charge >= 0.3 is 0 Å². The summed E-state index contributed by atoms with van der Waals surface area (Å²) in [5.41, 5.74) is 2.50. The number of nitrogens with zero attached hydrogens (tertiary/aromatic N) is 4. The molecule has 1 N–H and O–H groups in total. The summed E-state index contributed by atoms with van der Waals surface area (Å²) < 4.78 is 2.82. The number of hydrogen-bond acceptors (Lipinski definition) is 4. The lowest BCUT2D eigenvalue weighted by atomic mass is 10.1. The van der Waals surface area contributed by atoms with Crippen LogP contribution < -0.4 is 10.9 Å². The highest BCUT2D eigenvalue weighted by molar-refractivity contribution is 5.92. The molecular formula is C21H17N5O2. The van der Waals surface area contributed by atoms with Gasteiger partial charge in [-0.3, -0.25) is 9.59 Å². The Hall–Kier alpha value is -4.00. The van der Waals surface area contributed by atoms with Gasteiger partial charge in [0.15, 0.2) is 0 Å². The van der Waals surface area contributed by atoms with Gasteiger partial charge in [0.05, 0.1) is 17.1 Å². The summed E-state index contributed by atoms with van der Waals surface area (Å²) in [5.74, 6) is -0.348. The summed E-state index contributed by atoms with van der Waals surface area (Å²) in [5, 5.41) is 11.4. The summed E-state index contributed by atoms with van der Waals surface area (Å²) in [7, 11) is 0. The molecule has 2 aromatic heterocycles. The fraction of sp³-hybridized carbons (Fsp3) is 0.0476. The van der Waals surface area contributed by atoms with Gasteiger partial charge in [-0.25, -0.2) is 9.36 Å². The second kappa shape index (κ2) is 7.71. The normalized spacial score (nSPS) is 10.6. The van der Waals surface area contributed by atoms with Crippen LogP contribution in [0, 0.1) is 0 Å². The largest absolute Gasteiger partial charge is 0.323 e. The number of anilines is 1. The molecule has 2 heterocycles. The van der Waals surface area contributed by atoms with E-state index in [4.69, 9.17) is 0 Å². The van der Waals surface area contributed by atoms with Gasteiger partial charge in [0.25, 0.3) is 5.56 Å². The van der Waals surface area contributed by atoms with Crippen molar-refractivity contribution in [3.8, 4) is 16.9 Å². The highest BCUT2D eigenvalue weighted by atomic mass is 16.2. The van der Waals surface area contributed by atoms with Crippen molar-refractivity contribution in [3.05, 3.63) is 95.5 Å². The Labute approximate surface area is 160 Å². The Morgan fingerprint density at radius 1 is 0.929 bits per heavy atom. The number of rotatable bonds is 5. The molecule has 0 radical (unpaired) electrons. The van der Waals surface area contributed by atoms with E-state index >= 15 is 0 Å². The quantitative estimate of drug-likeness (QED) is 0.585. The number of aromatic nitrogens is 4. The molecule has 2 aromatic carbocycles. The molecule has 0 aliphatic heterocycles. The third kappa shape index (κ3) is 3.73. The van der Waals surface area contributed by atoms with Crippen molar-refractivity contribution >= 4 is 11.6 Å². The summed E-state index contributed by atoms with van der Waals surface area (Å²) in [6.45, 7) is -0.188. The first-order chi connectivity index (χ1) is 13.7. The molecule has 0 spiro atoms. The summed E-state index contributed by atoms with van der Waals surface area (Å²) >= 11 is 0. The zero-order valence-corrected chi connectivity index (χ0v) is 14.9. The van der Waals surface area contributed by atoms with Crippen LogP contribution in [-0.2, 0) is 11.3 Å². The monoisotopic (exact) mass is 371 g/mol. The van der Waals surface area contributed by atoms with Crippen molar-refractivity contribution in [1.29, 1.82) is 0 Å². The number of amides is 1. The summed E-state index contributed by atoms with van der Waals surface area (Å²) in [4.78, 5) is 24.7. The standard InChI is InChI=1S/C21H17N5O2/c27-20(23-18-9-4-5-10-19(18)25-14-6-13-22-25)15-26-21(28)12-11-17(24-26)16-7-2-1-3-8-16/h1-14H,15H2,(H,23,27). The lowest BCUT2D eigenvalue weighted by Crippen LogP contribution is -2.29. The minimum absolute atomic E-state index is 0.188. The van der Waals surface area contributed by atoms with E-state index in [2.05, 4.69) is 15.5 Å². The third-order valence-electron chi connectivity index (χ3n) is 4.16. The van der Waals surface area contributed by atoms with Gasteiger partial charge in [-0.1, -0.05) is 42.5 Å². The molecule has 28 heavy (non-hydrogen) atoms. The predicted octanol–water partition coefficient (Wildman–Crippen LogP) is 2.73. The van der Waals surface area contributed by atoms with Crippen molar-refractivity contribution in [3.63, 3.8) is 0 Å². The number of nitrogens with one attached hydrogen (secondary N) is 1. The molecule has 0 saturated carbocycles. The van der Waals surface area contributed by atoms with Crippen molar-refractivity contribution in [2.75, 3.05) is 5.32 Å². The van der Waals surface area contributed by atoms with E-state index in [1.165, 1.54) is 6.07 Å². The average Bonchev–Trinajstić information content (AvgIpc) is 3.25. The van der Waals surface area contributed by atoms with E-state index < -0.39 is 0 Å². The SMILES string of the molecule is O=C(Cn1nc(-c2ccccc2)ccc1=O)Nc1ccccc1-n1cccn1. The zero-order chi connectivity index (χ0) is 19.3. The van der Waals surface area contributed by atoms with E-state index in [0.29, 0.717) is 11.4 Å². The molecule has 0 bridgehead atoms. The first kappa shape index (κ1) is 17.4. The van der Waals surface area contributed by atoms with Crippen LogP contribution in [0.4, 0.5) is 5.69 Å². The lowest BCUT2D eigenvalue weighted by Gasteiger charge is -2.12. The molecule has 7 heteroatoms. The van der Waals surface area contributed by atoms with Crippen LogP contribution in [0.15, 0.2) is 90.0 Å². The minimum Gasteiger partial charge on any atom is -0.323 e. The molecule has 0 aliphatic carbocycles. The number of carbonyl (C=O) groups excluding carboxylic acids is 1. The van der Waals surface area contributed by atoms with Crippen LogP contribution in [0.2, 0.25) is 0 Å². The van der Waals surface area contributed by atoms with Crippen LogP contribution in [-0.4, -0.2) is 25.5 Å². The predicted molar refractivity (Wildman–Crippen MR) is 106 cm³/mol. The molecular weight excluding hydrogens is 354 g/mol. The lowest BCUT2D eigenvalue weighted by molar-refractivity contribution is -0.117. The van der Waals surface area contributed by atoms with E-state index in [9.17, 15) is 9.59 Å². The maximum Gasteiger partial charge on any atom is 0.267 e. The maximum atomic E-state index is 12.6. The van der Waals surface area contributed by atoms with Crippen LogP contribution in [0.5, 0.6) is 0 Å². The van der Waals surface area contributed by atoms with Gasteiger partial charge in [0, 0.05) is 24.0 Å². The van der Waals surface area contributed by atoms with Crippen LogP contribution in [0.1, 0.15) is 0 Å². The highest BCUT2D eigenvalue weighted by Gasteiger charge is 2.11. The maximum absolute atomic E-state index is 12.6. The van der Waals surface area contributed by atoms with Gasteiger partial charge in [-0.15, -0.1) is 0 Å². The minimum atomic E-state index is -0.348. The molecule has 7 nitrogen and oxygen atoms in total. The zero-order valence-electron chi connectivity index (χ0n) is 14.9. The topological polar surface area (TPSA) is 81.8 Å². The second-order valence-corrected chi connectivity index (χ2v) is 6.10. The van der Waals surface area contributed by atoms with Gasteiger partial charge in [-0.2, -0.15) is 10.2 Å². The fourth-order valence-electron chi connectivity index (χ4n) is 2.84. The molecule has 1 amide bonds. The van der Waals surface area contributed by atoms with Gasteiger partial charge in [0.2, 0.25) is 5.91 Å². The van der Waals surface area contributed by atoms with Crippen molar-refractivity contribution in [2.24, 2.45) is 0 Å².